The molecule has 2 atom stereocenters. The van der Waals surface area contributed by atoms with Crippen LogP contribution in [0, 0.1) is 5.92 Å². The monoisotopic (exact) mass is 414 g/mol. The summed E-state index contributed by atoms with van der Waals surface area (Å²) in [6.45, 7) is 10.9. The van der Waals surface area contributed by atoms with Gasteiger partial charge in [0.15, 0.2) is 5.96 Å². The minimum absolute atomic E-state index is 0. The highest BCUT2D eigenvalue weighted by Gasteiger charge is 2.14. The molecule has 4 N–H and O–H groups in total. The quantitative estimate of drug-likeness (QED) is 0.324. The maximum Gasteiger partial charge on any atom is 0.407 e. The average molecular weight is 414 g/mol. The highest BCUT2D eigenvalue weighted by Crippen LogP contribution is 2.05. The molecule has 0 bridgehead atoms. The van der Waals surface area contributed by atoms with Gasteiger partial charge in [-0.25, -0.2) is 4.79 Å². The average Bonchev–Trinajstić information content (AvgIpc) is 2.35. The van der Waals surface area contributed by atoms with Crippen molar-refractivity contribution in [2.75, 3.05) is 13.2 Å². The number of hydrogen-bond acceptors (Lipinski definition) is 3. The Balaban J connectivity index is 0. The molecule has 0 aliphatic rings. The van der Waals surface area contributed by atoms with E-state index in [9.17, 15) is 4.79 Å². The van der Waals surface area contributed by atoms with Crippen molar-refractivity contribution in [1.29, 1.82) is 0 Å². The molecule has 0 aromatic heterocycles. The number of alkyl carbamates (subject to hydrolysis) is 1. The second-order valence-electron chi connectivity index (χ2n) is 5.37. The summed E-state index contributed by atoms with van der Waals surface area (Å²) in [6, 6.07) is 0.228. The summed E-state index contributed by atoms with van der Waals surface area (Å²) in [6.07, 6.45) is 1.41. The van der Waals surface area contributed by atoms with E-state index in [2.05, 4.69) is 36.4 Å². The van der Waals surface area contributed by atoms with Gasteiger partial charge in [0.1, 0.15) is 0 Å². The molecule has 1 amide bonds. The molecule has 126 valence electrons. The Kier molecular flexibility index (Phi) is 13.9. The fourth-order valence-corrected chi connectivity index (χ4v) is 1.70. The van der Waals surface area contributed by atoms with Crippen molar-refractivity contribution >= 4 is 36.0 Å². The van der Waals surface area contributed by atoms with E-state index in [1.54, 1.807) is 6.92 Å². The third kappa shape index (κ3) is 12.7. The Morgan fingerprint density at radius 1 is 1.24 bits per heavy atom. The Morgan fingerprint density at radius 3 is 2.33 bits per heavy atom. The lowest BCUT2D eigenvalue weighted by atomic mass is 10.0. The number of nitrogens with two attached hydrogens (primary N) is 1. The van der Waals surface area contributed by atoms with Crippen LogP contribution in [0.1, 0.15) is 47.5 Å². The molecule has 0 rings (SSSR count). The van der Waals surface area contributed by atoms with Gasteiger partial charge in [0.25, 0.3) is 0 Å². The first kappa shape index (κ1) is 22.5. The van der Waals surface area contributed by atoms with Crippen LogP contribution < -0.4 is 16.4 Å². The molecule has 0 fully saturated rings. The summed E-state index contributed by atoms with van der Waals surface area (Å²) in [5, 5.41) is 5.92. The standard InChI is InChI=1S/C14H30N4O2.HI/c1-6-11(5)17-13(15)16-9-12(8-10(3)4)18-14(19)20-7-2;/h10-12H,6-9H2,1-5H3,(H,18,19)(H3,15,16,17);1H. The largest absolute Gasteiger partial charge is 0.450 e. The summed E-state index contributed by atoms with van der Waals surface area (Å²) < 4.78 is 4.90. The molecule has 0 aliphatic carbocycles. The minimum Gasteiger partial charge on any atom is -0.450 e. The zero-order valence-electron chi connectivity index (χ0n) is 13.8. The van der Waals surface area contributed by atoms with Gasteiger partial charge in [0.05, 0.1) is 19.2 Å². The number of ether oxygens (including phenoxy) is 1. The van der Waals surface area contributed by atoms with Crippen LogP contribution in [0.25, 0.3) is 0 Å². The van der Waals surface area contributed by atoms with Crippen LogP contribution in [0.2, 0.25) is 0 Å². The molecule has 0 radical (unpaired) electrons. The number of aliphatic imine (C=N–C) groups is 1. The first-order valence-electron chi connectivity index (χ1n) is 7.38. The second kappa shape index (κ2) is 13.0. The predicted molar refractivity (Wildman–Crippen MR) is 98.2 cm³/mol. The molecule has 0 aromatic carbocycles. The van der Waals surface area contributed by atoms with Gasteiger partial charge in [-0.2, -0.15) is 0 Å². The number of carbonyl (C=O) groups excluding carboxylic acids is 1. The topological polar surface area (TPSA) is 88.7 Å². The minimum atomic E-state index is -0.401. The van der Waals surface area contributed by atoms with Crippen molar-refractivity contribution in [1.82, 2.24) is 10.6 Å². The van der Waals surface area contributed by atoms with Gasteiger partial charge in [-0.05, 0) is 32.6 Å². The lowest BCUT2D eigenvalue weighted by molar-refractivity contribution is 0.147. The van der Waals surface area contributed by atoms with Crippen molar-refractivity contribution in [3.05, 3.63) is 0 Å². The number of nitrogens with one attached hydrogen (secondary N) is 2. The van der Waals surface area contributed by atoms with E-state index in [0.29, 0.717) is 31.1 Å². The fraction of sp³-hybridized carbons (Fsp3) is 0.857. The number of carbonyl (C=O) groups is 1. The first-order valence-corrected chi connectivity index (χ1v) is 7.38. The Labute approximate surface area is 145 Å². The highest BCUT2D eigenvalue weighted by atomic mass is 127. The van der Waals surface area contributed by atoms with Crippen molar-refractivity contribution in [2.24, 2.45) is 16.6 Å². The van der Waals surface area contributed by atoms with E-state index in [4.69, 9.17) is 10.5 Å². The van der Waals surface area contributed by atoms with E-state index in [0.717, 1.165) is 12.8 Å². The first-order chi connectivity index (χ1) is 9.38. The number of rotatable bonds is 8. The van der Waals surface area contributed by atoms with E-state index >= 15 is 0 Å². The van der Waals surface area contributed by atoms with E-state index in [1.807, 2.05) is 6.92 Å². The maximum atomic E-state index is 11.5. The van der Waals surface area contributed by atoms with E-state index < -0.39 is 6.09 Å². The highest BCUT2D eigenvalue weighted by molar-refractivity contribution is 14.0. The summed E-state index contributed by atoms with van der Waals surface area (Å²) in [5.41, 5.74) is 5.81. The number of guanidine groups is 1. The Morgan fingerprint density at radius 2 is 1.86 bits per heavy atom. The van der Waals surface area contributed by atoms with Gasteiger partial charge in [-0.15, -0.1) is 24.0 Å². The summed E-state index contributed by atoms with van der Waals surface area (Å²) >= 11 is 0. The smallest absolute Gasteiger partial charge is 0.407 e. The lowest BCUT2D eigenvalue weighted by Gasteiger charge is -2.19. The molecule has 0 saturated carbocycles. The maximum absolute atomic E-state index is 11.5. The van der Waals surface area contributed by atoms with Gasteiger partial charge in [-0.3, -0.25) is 4.99 Å². The van der Waals surface area contributed by atoms with E-state index in [-0.39, 0.29) is 30.0 Å². The van der Waals surface area contributed by atoms with Gasteiger partial charge in [0.2, 0.25) is 0 Å². The number of halogens is 1. The summed E-state index contributed by atoms with van der Waals surface area (Å²) in [4.78, 5) is 15.8. The third-order valence-corrected chi connectivity index (χ3v) is 2.84. The molecule has 0 saturated heterocycles. The number of amides is 1. The van der Waals surface area contributed by atoms with Gasteiger partial charge in [0, 0.05) is 6.04 Å². The van der Waals surface area contributed by atoms with E-state index in [1.165, 1.54) is 0 Å². The molecule has 7 heteroatoms. The predicted octanol–water partition coefficient (Wildman–Crippen LogP) is 2.47. The van der Waals surface area contributed by atoms with Gasteiger partial charge < -0.3 is 21.1 Å². The lowest BCUT2D eigenvalue weighted by Crippen LogP contribution is -2.41. The van der Waals surface area contributed by atoms with Gasteiger partial charge in [-0.1, -0.05) is 20.8 Å². The normalized spacial score (nSPS) is 14.1. The Hall–Kier alpha value is -0.730. The van der Waals surface area contributed by atoms with Crippen molar-refractivity contribution in [3.8, 4) is 0 Å². The molecule has 0 spiro atoms. The molecule has 6 nitrogen and oxygen atoms in total. The van der Waals surface area contributed by atoms with Crippen LogP contribution >= 0.6 is 24.0 Å². The molecule has 2 unspecified atom stereocenters. The molecule has 0 aromatic rings. The Bertz CT molecular complexity index is 311. The SMILES string of the molecule is CCOC(=O)NC(CN=C(N)NC(C)CC)CC(C)C.I. The molecule has 21 heavy (non-hydrogen) atoms. The molecular weight excluding hydrogens is 383 g/mol. The van der Waals surface area contributed by atoms with Crippen LogP contribution in [0.5, 0.6) is 0 Å². The van der Waals surface area contributed by atoms with Gasteiger partial charge >= 0.3 is 6.09 Å². The van der Waals surface area contributed by atoms with Crippen molar-refractivity contribution in [2.45, 2.75) is 59.5 Å². The van der Waals surface area contributed by atoms with Crippen molar-refractivity contribution in [3.63, 3.8) is 0 Å². The van der Waals surface area contributed by atoms with Crippen LogP contribution in [0.15, 0.2) is 4.99 Å². The van der Waals surface area contributed by atoms with Crippen LogP contribution in [0.3, 0.4) is 0 Å². The van der Waals surface area contributed by atoms with Crippen molar-refractivity contribution < 1.29 is 9.53 Å². The summed E-state index contributed by atoms with van der Waals surface area (Å²) in [7, 11) is 0. The molecule has 0 heterocycles. The second-order valence-corrected chi connectivity index (χ2v) is 5.37. The van der Waals surface area contributed by atoms with Crippen LogP contribution in [-0.2, 0) is 4.74 Å². The molecule has 0 aliphatic heterocycles. The zero-order valence-corrected chi connectivity index (χ0v) is 16.1. The molecular formula is C14H31IN4O2. The number of nitrogens with zero attached hydrogens (tertiary/aromatic N) is 1. The summed E-state index contributed by atoms with van der Waals surface area (Å²) in [5.74, 6) is 0.875. The third-order valence-electron chi connectivity index (χ3n) is 2.84. The van der Waals surface area contributed by atoms with Crippen LogP contribution in [-0.4, -0.2) is 37.3 Å². The zero-order chi connectivity index (χ0) is 15.5. The van der Waals surface area contributed by atoms with Crippen LogP contribution in [0.4, 0.5) is 4.79 Å². The fourth-order valence-electron chi connectivity index (χ4n) is 1.70. The number of hydrogen-bond donors (Lipinski definition) is 3.